The Labute approximate surface area is 136 Å². The molecule has 1 fully saturated rings. The van der Waals surface area contributed by atoms with Gasteiger partial charge in [0.25, 0.3) is 5.91 Å². The Morgan fingerprint density at radius 3 is 2.70 bits per heavy atom. The summed E-state index contributed by atoms with van der Waals surface area (Å²) in [6.07, 6.45) is 0. The Morgan fingerprint density at radius 1 is 1.15 bits per heavy atom. The molecule has 2 aromatic carbocycles. The Balaban J connectivity index is 1.87. The zero-order chi connectivity index (χ0) is 13.9. The van der Waals surface area contributed by atoms with E-state index in [0.717, 1.165) is 21.4 Å². The smallest absolute Gasteiger partial charge is 0.255 e. The van der Waals surface area contributed by atoms with Gasteiger partial charge in [-0.2, -0.15) is 0 Å². The molecule has 0 bridgehead atoms. The summed E-state index contributed by atoms with van der Waals surface area (Å²) in [4.78, 5) is 14.7. The number of hydrogen-bond acceptors (Lipinski definition) is 2. The molecule has 2 aromatic rings. The van der Waals surface area contributed by atoms with Gasteiger partial charge in [-0.25, -0.2) is 0 Å². The lowest BCUT2D eigenvalue weighted by Gasteiger charge is -2.24. The van der Waals surface area contributed by atoms with Crippen molar-refractivity contribution in [3.05, 3.63) is 69.3 Å². The summed E-state index contributed by atoms with van der Waals surface area (Å²) in [5, 5.41) is 0.140. The van der Waals surface area contributed by atoms with E-state index >= 15 is 0 Å². The minimum Gasteiger partial charge on any atom is -0.322 e. The fourth-order valence-corrected chi connectivity index (χ4v) is 4.16. The van der Waals surface area contributed by atoms with Gasteiger partial charge in [-0.05, 0) is 46.4 Å². The van der Waals surface area contributed by atoms with Crippen LogP contribution in [0.2, 0.25) is 0 Å². The van der Waals surface area contributed by atoms with Crippen molar-refractivity contribution >= 4 is 40.3 Å². The molecule has 1 heterocycles. The Kier molecular flexibility index (Phi) is 4.31. The average Bonchev–Trinajstić information content (AvgIpc) is 2.97. The third-order valence-electron chi connectivity index (χ3n) is 3.31. The molecule has 20 heavy (non-hydrogen) atoms. The molecule has 0 N–H and O–H groups in total. The third-order valence-corrected chi connectivity index (χ3v) is 5.24. The Morgan fingerprint density at radius 2 is 1.95 bits per heavy atom. The quantitative estimate of drug-likeness (QED) is 0.712. The molecule has 1 saturated heterocycles. The Hall–Kier alpha value is -1.01. The minimum absolute atomic E-state index is 0.127. The van der Waals surface area contributed by atoms with Gasteiger partial charge in [0.1, 0.15) is 5.37 Å². The van der Waals surface area contributed by atoms with Crippen LogP contribution in [-0.2, 0) is 0 Å². The van der Waals surface area contributed by atoms with E-state index in [-0.39, 0.29) is 11.3 Å². The van der Waals surface area contributed by atoms with E-state index in [4.69, 9.17) is 0 Å². The van der Waals surface area contributed by atoms with Crippen molar-refractivity contribution in [3.8, 4) is 0 Å². The Bertz CT molecular complexity index is 617. The van der Waals surface area contributed by atoms with Crippen molar-refractivity contribution in [2.75, 3.05) is 12.3 Å². The van der Waals surface area contributed by atoms with Crippen LogP contribution in [0, 0.1) is 3.57 Å². The summed E-state index contributed by atoms with van der Waals surface area (Å²) in [5.74, 6) is 1.12. The van der Waals surface area contributed by atoms with Crippen LogP contribution in [0.25, 0.3) is 0 Å². The van der Waals surface area contributed by atoms with Crippen molar-refractivity contribution < 1.29 is 4.79 Å². The van der Waals surface area contributed by atoms with Crippen LogP contribution in [0.3, 0.4) is 0 Å². The maximum Gasteiger partial charge on any atom is 0.255 e. The van der Waals surface area contributed by atoms with Crippen molar-refractivity contribution in [1.29, 1.82) is 0 Å². The number of hydrogen-bond donors (Lipinski definition) is 0. The summed E-state index contributed by atoms with van der Waals surface area (Å²) < 4.78 is 1.09. The standard InChI is InChI=1S/C16H14INOS/c17-14-8-4-7-13(11-14)15(19)18-9-10-20-16(18)12-5-2-1-3-6-12/h1-8,11,16H,9-10H2. The van der Waals surface area contributed by atoms with E-state index in [2.05, 4.69) is 34.7 Å². The third kappa shape index (κ3) is 2.86. The second-order valence-electron chi connectivity index (χ2n) is 4.64. The second-order valence-corrected chi connectivity index (χ2v) is 7.08. The highest BCUT2D eigenvalue weighted by molar-refractivity contribution is 14.1. The van der Waals surface area contributed by atoms with Gasteiger partial charge in [-0.15, -0.1) is 11.8 Å². The number of amides is 1. The monoisotopic (exact) mass is 395 g/mol. The molecule has 1 aliphatic heterocycles. The lowest BCUT2D eigenvalue weighted by molar-refractivity contribution is 0.0760. The van der Waals surface area contributed by atoms with E-state index < -0.39 is 0 Å². The topological polar surface area (TPSA) is 20.3 Å². The van der Waals surface area contributed by atoms with Gasteiger partial charge in [0.2, 0.25) is 0 Å². The number of carbonyl (C=O) groups is 1. The summed E-state index contributed by atoms with van der Waals surface area (Å²) >= 11 is 4.08. The molecule has 102 valence electrons. The second kappa shape index (κ2) is 6.18. The van der Waals surface area contributed by atoms with Crippen LogP contribution >= 0.6 is 34.4 Å². The largest absolute Gasteiger partial charge is 0.322 e. The van der Waals surface area contributed by atoms with E-state index in [1.54, 1.807) is 0 Å². The minimum atomic E-state index is 0.127. The first kappa shape index (κ1) is 13.9. The molecule has 0 aromatic heterocycles. The van der Waals surface area contributed by atoms with E-state index in [1.807, 2.05) is 59.1 Å². The number of halogens is 1. The van der Waals surface area contributed by atoms with Crippen LogP contribution < -0.4 is 0 Å². The fourth-order valence-electron chi connectivity index (χ4n) is 2.36. The summed E-state index contributed by atoms with van der Waals surface area (Å²) in [7, 11) is 0. The zero-order valence-corrected chi connectivity index (χ0v) is 13.8. The molecule has 2 nitrogen and oxygen atoms in total. The summed E-state index contributed by atoms with van der Waals surface area (Å²) in [6.45, 7) is 0.814. The van der Waals surface area contributed by atoms with Gasteiger partial charge < -0.3 is 4.90 Å². The van der Waals surface area contributed by atoms with Gasteiger partial charge in [-0.3, -0.25) is 4.79 Å². The van der Waals surface area contributed by atoms with Crippen molar-refractivity contribution in [2.24, 2.45) is 0 Å². The molecular weight excluding hydrogens is 381 g/mol. The molecule has 0 saturated carbocycles. The lowest BCUT2D eigenvalue weighted by atomic mass is 10.1. The fraction of sp³-hybridized carbons (Fsp3) is 0.188. The van der Waals surface area contributed by atoms with Crippen LogP contribution in [-0.4, -0.2) is 23.1 Å². The molecule has 1 amide bonds. The first-order valence-corrected chi connectivity index (χ1v) is 8.61. The molecule has 1 aliphatic rings. The van der Waals surface area contributed by atoms with Crippen LogP contribution in [0.4, 0.5) is 0 Å². The van der Waals surface area contributed by atoms with Crippen molar-refractivity contribution in [3.63, 3.8) is 0 Å². The molecule has 0 radical (unpaired) electrons. The van der Waals surface area contributed by atoms with Gasteiger partial charge in [-0.1, -0.05) is 36.4 Å². The van der Waals surface area contributed by atoms with Gasteiger partial charge in [0.15, 0.2) is 0 Å². The van der Waals surface area contributed by atoms with Crippen LogP contribution in [0.5, 0.6) is 0 Å². The molecule has 4 heteroatoms. The van der Waals surface area contributed by atoms with E-state index in [9.17, 15) is 4.79 Å². The van der Waals surface area contributed by atoms with Gasteiger partial charge in [0.05, 0.1) is 0 Å². The number of carbonyl (C=O) groups excluding carboxylic acids is 1. The molecule has 3 rings (SSSR count). The maximum atomic E-state index is 12.7. The number of thioether (sulfide) groups is 1. The SMILES string of the molecule is O=C(c1cccc(I)c1)N1CCSC1c1ccccc1. The summed E-state index contributed by atoms with van der Waals surface area (Å²) in [6, 6.07) is 18.1. The highest BCUT2D eigenvalue weighted by Gasteiger charge is 2.31. The lowest BCUT2D eigenvalue weighted by Crippen LogP contribution is -2.30. The van der Waals surface area contributed by atoms with E-state index in [1.165, 1.54) is 5.56 Å². The number of nitrogens with zero attached hydrogens (tertiary/aromatic N) is 1. The molecular formula is C16H14INOS. The highest BCUT2D eigenvalue weighted by atomic mass is 127. The van der Waals surface area contributed by atoms with Gasteiger partial charge in [0, 0.05) is 21.4 Å². The first-order chi connectivity index (χ1) is 9.75. The predicted molar refractivity (Wildman–Crippen MR) is 91.8 cm³/mol. The predicted octanol–water partition coefficient (Wildman–Crippen LogP) is 4.18. The average molecular weight is 395 g/mol. The van der Waals surface area contributed by atoms with Crippen molar-refractivity contribution in [2.45, 2.75) is 5.37 Å². The van der Waals surface area contributed by atoms with Crippen LogP contribution in [0.15, 0.2) is 54.6 Å². The summed E-state index contributed by atoms with van der Waals surface area (Å²) in [5.41, 5.74) is 1.98. The number of rotatable bonds is 2. The molecule has 1 atom stereocenters. The highest BCUT2D eigenvalue weighted by Crippen LogP contribution is 2.38. The van der Waals surface area contributed by atoms with Gasteiger partial charge >= 0.3 is 0 Å². The number of benzene rings is 2. The van der Waals surface area contributed by atoms with Crippen LogP contribution in [0.1, 0.15) is 21.3 Å². The first-order valence-electron chi connectivity index (χ1n) is 6.49. The molecule has 1 unspecified atom stereocenters. The molecule has 0 spiro atoms. The zero-order valence-electron chi connectivity index (χ0n) is 10.8. The normalized spacial score (nSPS) is 18.2. The van der Waals surface area contributed by atoms with E-state index in [0.29, 0.717) is 0 Å². The van der Waals surface area contributed by atoms with Crippen molar-refractivity contribution in [1.82, 2.24) is 4.90 Å². The maximum absolute atomic E-state index is 12.7. The molecule has 0 aliphatic carbocycles.